The first kappa shape index (κ1) is 19.5. The van der Waals surface area contributed by atoms with Crippen molar-refractivity contribution in [3.63, 3.8) is 0 Å². The molecule has 28 heavy (non-hydrogen) atoms. The van der Waals surface area contributed by atoms with Gasteiger partial charge in [-0.1, -0.05) is 30.3 Å². The van der Waals surface area contributed by atoms with Crippen molar-refractivity contribution in [2.45, 2.75) is 13.0 Å². The smallest absolute Gasteiger partial charge is 0.242 e. The van der Waals surface area contributed by atoms with Crippen molar-refractivity contribution >= 4 is 17.9 Å². The monoisotopic (exact) mass is 380 g/mol. The molecule has 6 heteroatoms. The van der Waals surface area contributed by atoms with Crippen molar-refractivity contribution in [2.24, 2.45) is 0 Å². The van der Waals surface area contributed by atoms with Crippen LogP contribution in [0.2, 0.25) is 0 Å². The van der Waals surface area contributed by atoms with Crippen molar-refractivity contribution in [2.75, 3.05) is 27.8 Å². The highest BCUT2D eigenvalue weighted by Crippen LogP contribution is 2.32. The van der Waals surface area contributed by atoms with Gasteiger partial charge in [0.25, 0.3) is 0 Å². The highest BCUT2D eigenvalue weighted by molar-refractivity contribution is 5.89. The first-order valence-corrected chi connectivity index (χ1v) is 9.02. The number of benzene rings is 2. The summed E-state index contributed by atoms with van der Waals surface area (Å²) < 4.78 is 10.7. The van der Waals surface area contributed by atoms with E-state index < -0.39 is 0 Å². The second-order valence-corrected chi connectivity index (χ2v) is 6.66. The second-order valence-electron chi connectivity index (χ2n) is 6.66. The molecular weight excluding hydrogens is 356 g/mol. The lowest BCUT2D eigenvalue weighted by Gasteiger charge is -2.22. The van der Waals surface area contributed by atoms with Gasteiger partial charge in [0.15, 0.2) is 11.5 Å². The molecule has 0 aromatic heterocycles. The second kappa shape index (κ2) is 8.61. The van der Waals surface area contributed by atoms with Crippen LogP contribution < -0.4 is 9.47 Å². The number of carbonyl (C=O) groups excluding carboxylic acids is 2. The lowest BCUT2D eigenvalue weighted by molar-refractivity contribution is -0.137. The Morgan fingerprint density at radius 2 is 1.79 bits per heavy atom. The van der Waals surface area contributed by atoms with Crippen molar-refractivity contribution in [1.82, 2.24) is 9.80 Å². The minimum Gasteiger partial charge on any atom is -0.493 e. The third-order valence-electron chi connectivity index (χ3n) is 4.74. The Labute approximate surface area is 165 Å². The van der Waals surface area contributed by atoms with E-state index in [-0.39, 0.29) is 24.8 Å². The van der Waals surface area contributed by atoms with Crippen LogP contribution >= 0.6 is 0 Å². The van der Waals surface area contributed by atoms with Crippen molar-refractivity contribution in [3.05, 3.63) is 65.4 Å². The Balaban J connectivity index is 1.72. The lowest BCUT2D eigenvalue weighted by atomic mass is 10.0. The van der Waals surface area contributed by atoms with Crippen molar-refractivity contribution in [3.8, 4) is 11.5 Å². The quantitative estimate of drug-likeness (QED) is 0.773. The maximum atomic E-state index is 12.7. The molecule has 1 heterocycles. The molecule has 0 saturated heterocycles. The molecule has 0 saturated carbocycles. The third kappa shape index (κ3) is 4.34. The van der Waals surface area contributed by atoms with Crippen LogP contribution in [-0.2, 0) is 22.6 Å². The molecular formula is C22H24N2O4. The van der Waals surface area contributed by atoms with Crippen LogP contribution in [0.15, 0.2) is 48.7 Å². The molecule has 0 aliphatic carbocycles. The van der Waals surface area contributed by atoms with Gasteiger partial charge in [0, 0.05) is 19.8 Å². The number of ether oxygens (including phenoxy) is 2. The zero-order chi connectivity index (χ0) is 20.1. The topological polar surface area (TPSA) is 59.1 Å². The molecule has 0 radical (unpaired) electrons. The van der Waals surface area contributed by atoms with E-state index in [4.69, 9.17) is 9.47 Å². The Morgan fingerprint density at radius 1 is 1.11 bits per heavy atom. The van der Waals surface area contributed by atoms with Gasteiger partial charge >= 0.3 is 0 Å². The average molecular weight is 380 g/mol. The predicted molar refractivity (Wildman–Crippen MR) is 107 cm³/mol. The number of likely N-dealkylation sites (N-methyl/N-ethyl adjacent to an activating group) is 1. The van der Waals surface area contributed by atoms with Gasteiger partial charge in [-0.2, -0.15) is 0 Å². The Kier molecular flexibility index (Phi) is 5.99. The summed E-state index contributed by atoms with van der Waals surface area (Å²) in [5.74, 6) is 0.923. The predicted octanol–water partition coefficient (Wildman–Crippen LogP) is 2.72. The molecule has 1 aliphatic heterocycles. The van der Waals surface area contributed by atoms with Crippen LogP contribution in [0.3, 0.4) is 0 Å². The number of fused-ring (bicyclic) bond motifs is 1. The zero-order valence-corrected chi connectivity index (χ0v) is 16.3. The highest BCUT2D eigenvalue weighted by atomic mass is 16.5. The summed E-state index contributed by atoms with van der Waals surface area (Å²) in [5, 5.41) is 0. The summed E-state index contributed by atoms with van der Waals surface area (Å²) in [6, 6.07) is 13.4. The normalized spacial score (nSPS) is 13.0. The number of methoxy groups -OCH3 is 2. The molecule has 0 bridgehead atoms. The summed E-state index contributed by atoms with van der Waals surface area (Å²) in [4.78, 5) is 28.4. The molecule has 0 unspecified atom stereocenters. The molecule has 2 amide bonds. The highest BCUT2D eigenvalue weighted by Gasteiger charge is 2.22. The van der Waals surface area contributed by atoms with Crippen LogP contribution in [0.1, 0.15) is 16.7 Å². The number of nitrogens with zero attached hydrogens (tertiary/aromatic N) is 2. The van der Waals surface area contributed by atoms with E-state index in [1.54, 1.807) is 32.4 Å². The lowest BCUT2D eigenvalue weighted by Crippen LogP contribution is -2.38. The molecule has 3 rings (SSSR count). The number of hydrogen-bond donors (Lipinski definition) is 0. The van der Waals surface area contributed by atoms with Gasteiger partial charge in [0.05, 0.1) is 20.6 Å². The van der Waals surface area contributed by atoms with E-state index in [1.165, 1.54) is 4.90 Å². The molecule has 2 aromatic carbocycles. The van der Waals surface area contributed by atoms with Gasteiger partial charge in [0.1, 0.15) is 6.54 Å². The molecule has 0 N–H and O–H groups in total. The maximum absolute atomic E-state index is 12.7. The fourth-order valence-electron chi connectivity index (χ4n) is 3.12. The number of rotatable bonds is 6. The molecule has 2 aromatic rings. The minimum atomic E-state index is -0.135. The molecule has 0 fully saturated rings. The van der Waals surface area contributed by atoms with Gasteiger partial charge in [-0.25, -0.2) is 0 Å². The number of hydrogen-bond acceptors (Lipinski definition) is 4. The SMILES string of the molecule is COc1cc2c(cc1OC)CC(=O)N(CC(=O)N(C)Cc1ccccc1)C=C2. The average Bonchev–Trinajstić information content (AvgIpc) is 2.85. The fraction of sp³-hybridized carbons (Fsp3) is 0.273. The van der Waals surface area contributed by atoms with Gasteiger partial charge in [-0.3, -0.25) is 9.59 Å². The van der Waals surface area contributed by atoms with E-state index in [0.29, 0.717) is 18.0 Å². The largest absolute Gasteiger partial charge is 0.493 e. The summed E-state index contributed by atoms with van der Waals surface area (Å²) in [6.07, 6.45) is 3.68. The van der Waals surface area contributed by atoms with Crippen molar-refractivity contribution < 1.29 is 19.1 Å². The van der Waals surface area contributed by atoms with Crippen LogP contribution in [0, 0.1) is 0 Å². The van der Waals surface area contributed by atoms with Crippen LogP contribution in [0.4, 0.5) is 0 Å². The van der Waals surface area contributed by atoms with E-state index >= 15 is 0 Å². The third-order valence-corrected chi connectivity index (χ3v) is 4.74. The van der Waals surface area contributed by atoms with Crippen LogP contribution in [0.5, 0.6) is 11.5 Å². The fourth-order valence-corrected chi connectivity index (χ4v) is 3.12. The van der Waals surface area contributed by atoms with Gasteiger partial charge in [0.2, 0.25) is 11.8 Å². The first-order valence-electron chi connectivity index (χ1n) is 9.02. The molecule has 146 valence electrons. The molecule has 0 atom stereocenters. The van der Waals surface area contributed by atoms with E-state index in [9.17, 15) is 9.59 Å². The van der Waals surface area contributed by atoms with Crippen molar-refractivity contribution in [1.29, 1.82) is 0 Å². The zero-order valence-electron chi connectivity index (χ0n) is 16.3. The number of amides is 2. The minimum absolute atomic E-state index is 0.000918. The molecule has 6 nitrogen and oxygen atoms in total. The Bertz CT molecular complexity index is 893. The van der Waals surface area contributed by atoms with Gasteiger partial charge in [-0.15, -0.1) is 0 Å². The van der Waals surface area contributed by atoms with Gasteiger partial charge < -0.3 is 19.3 Å². The standard InChI is InChI=1S/C22H24N2O4/c1-23(14-16-7-5-4-6-8-16)22(26)15-24-10-9-17-11-19(27-2)20(28-3)12-18(17)13-21(24)25/h4-12H,13-15H2,1-3H3. The maximum Gasteiger partial charge on any atom is 0.242 e. The molecule has 1 aliphatic rings. The summed E-state index contributed by atoms with van der Waals surface area (Å²) in [5.41, 5.74) is 2.76. The van der Waals surface area contributed by atoms with Crippen LogP contribution in [0.25, 0.3) is 6.08 Å². The Hall–Kier alpha value is -3.28. The van der Waals surface area contributed by atoms with E-state index in [2.05, 4.69) is 0 Å². The summed E-state index contributed by atoms with van der Waals surface area (Å²) >= 11 is 0. The summed E-state index contributed by atoms with van der Waals surface area (Å²) in [7, 11) is 4.88. The van der Waals surface area contributed by atoms with E-state index in [0.717, 1.165) is 16.7 Å². The first-order chi connectivity index (χ1) is 13.5. The van der Waals surface area contributed by atoms with E-state index in [1.807, 2.05) is 48.5 Å². The van der Waals surface area contributed by atoms with Crippen LogP contribution in [-0.4, -0.2) is 49.4 Å². The number of carbonyl (C=O) groups is 2. The summed E-state index contributed by atoms with van der Waals surface area (Å²) in [6.45, 7) is 0.501. The Morgan fingerprint density at radius 3 is 2.46 bits per heavy atom. The molecule has 0 spiro atoms. The van der Waals surface area contributed by atoms with Gasteiger partial charge in [-0.05, 0) is 34.9 Å².